The van der Waals surface area contributed by atoms with Crippen molar-refractivity contribution in [2.75, 3.05) is 40.4 Å². The van der Waals surface area contributed by atoms with Crippen molar-refractivity contribution in [1.29, 1.82) is 0 Å². The lowest BCUT2D eigenvalue weighted by Crippen LogP contribution is -2.48. The van der Waals surface area contributed by atoms with E-state index in [-0.39, 0.29) is 12.5 Å². The van der Waals surface area contributed by atoms with E-state index in [1.807, 2.05) is 17.4 Å². The van der Waals surface area contributed by atoms with Crippen molar-refractivity contribution in [2.45, 2.75) is 31.5 Å². The normalized spacial score (nSPS) is 17.1. The maximum Gasteiger partial charge on any atom is 0.405 e. The second-order valence-electron chi connectivity index (χ2n) is 6.75. The summed E-state index contributed by atoms with van der Waals surface area (Å²) in [5, 5.41) is 4.67. The molecule has 2 rings (SSSR count). The van der Waals surface area contributed by atoms with Crippen LogP contribution in [0.4, 0.5) is 13.2 Å². The summed E-state index contributed by atoms with van der Waals surface area (Å²) < 4.78 is 47.2. The Kier molecular flexibility index (Phi) is 8.12. The molecule has 29 heavy (non-hydrogen) atoms. The minimum Gasteiger partial charge on any atom is -0.493 e. The van der Waals surface area contributed by atoms with Crippen LogP contribution in [-0.4, -0.2) is 69.3 Å². The monoisotopic (exact) mass is 417 g/mol. The molecule has 1 unspecified atom stereocenters. The average Bonchev–Trinajstić information content (AvgIpc) is 3.13. The molecule has 2 N–H and O–H groups in total. The molecule has 1 fully saturated rings. The number of likely N-dealkylation sites (tertiary alicyclic amines) is 1. The maximum absolute atomic E-state index is 12.3. The summed E-state index contributed by atoms with van der Waals surface area (Å²) in [5.41, 5.74) is 0.952. The fraction of sp³-hybridized carbons (Fsp3) is 0.579. The summed E-state index contributed by atoms with van der Waals surface area (Å²) in [4.78, 5) is 25.8. The van der Waals surface area contributed by atoms with Crippen molar-refractivity contribution in [2.24, 2.45) is 0 Å². The third-order valence-electron chi connectivity index (χ3n) is 4.66. The lowest BCUT2D eigenvalue weighted by molar-refractivity contribution is -0.141. The number of benzene rings is 1. The predicted molar refractivity (Wildman–Crippen MR) is 99.9 cm³/mol. The molecule has 0 spiro atoms. The topological polar surface area (TPSA) is 79.9 Å². The van der Waals surface area contributed by atoms with Crippen molar-refractivity contribution in [1.82, 2.24) is 15.5 Å². The SMILES string of the molecule is COc1ccc(CCNC(=O)CN2CCCC2C(=O)NCC(F)(F)F)cc1OC. The summed E-state index contributed by atoms with van der Waals surface area (Å²) in [6.07, 6.45) is -2.80. The van der Waals surface area contributed by atoms with Crippen molar-refractivity contribution in [3.63, 3.8) is 0 Å². The zero-order chi connectivity index (χ0) is 21.4. The Balaban J connectivity index is 1.79. The molecule has 1 heterocycles. The van der Waals surface area contributed by atoms with Crippen molar-refractivity contribution in [3.05, 3.63) is 23.8 Å². The Hall–Kier alpha value is -2.49. The highest BCUT2D eigenvalue weighted by Crippen LogP contribution is 2.27. The number of alkyl halides is 3. The van der Waals surface area contributed by atoms with Gasteiger partial charge in [0.1, 0.15) is 6.54 Å². The van der Waals surface area contributed by atoms with E-state index in [0.717, 1.165) is 5.56 Å². The first-order valence-electron chi connectivity index (χ1n) is 9.29. The first-order valence-corrected chi connectivity index (χ1v) is 9.29. The van der Waals surface area contributed by atoms with Crippen LogP contribution >= 0.6 is 0 Å². The first kappa shape index (κ1) is 22.8. The van der Waals surface area contributed by atoms with Gasteiger partial charge in [-0.1, -0.05) is 6.07 Å². The molecule has 162 valence electrons. The van der Waals surface area contributed by atoms with Gasteiger partial charge in [0, 0.05) is 6.54 Å². The molecule has 1 saturated heterocycles. The predicted octanol–water partition coefficient (Wildman–Crippen LogP) is 1.51. The van der Waals surface area contributed by atoms with Gasteiger partial charge in [-0.3, -0.25) is 14.5 Å². The Bertz CT molecular complexity index is 712. The second-order valence-corrected chi connectivity index (χ2v) is 6.75. The molecule has 1 aromatic carbocycles. The Morgan fingerprint density at radius 2 is 1.90 bits per heavy atom. The van der Waals surface area contributed by atoms with Gasteiger partial charge in [0.05, 0.1) is 26.8 Å². The highest BCUT2D eigenvalue weighted by atomic mass is 19.4. The third-order valence-corrected chi connectivity index (χ3v) is 4.66. The fourth-order valence-electron chi connectivity index (χ4n) is 3.24. The molecule has 1 aliphatic rings. The van der Waals surface area contributed by atoms with Gasteiger partial charge >= 0.3 is 6.18 Å². The smallest absolute Gasteiger partial charge is 0.405 e. The molecule has 7 nitrogen and oxygen atoms in total. The van der Waals surface area contributed by atoms with Gasteiger partial charge < -0.3 is 20.1 Å². The molecule has 0 aromatic heterocycles. The van der Waals surface area contributed by atoms with Crippen molar-refractivity contribution in [3.8, 4) is 11.5 Å². The molecule has 1 aromatic rings. The van der Waals surface area contributed by atoms with Crippen LogP contribution < -0.4 is 20.1 Å². The van der Waals surface area contributed by atoms with E-state index in [9.17, 15) is 22.8 Å². The van der Waals surface area contributed by atoms with Crippen LogP contribution in [-0.2, 0) is 16.0 Å². The lowest BCUT2D eigenvalue weighted by Gasteiger charge is -2.23. The van der Waals surface area contributed by atoms with Crippen LogP contribution in [0, 0.1) is 0 Å². The number of hydrogen-bond donors (Lipinski definition) is 2. The van der Waals surface area contributed by atoms with Crippen LogP contribution in [0.5, 0.6) is 11.5 Å². The van der Waals surface area contributed by atoms with E-state index in [1.165, 1.54) is 0 Å². The van der Waals surface area contributed by atoms with Gasteiger partial charge in [0.2, 0.25) is 11.8 Å². The van der Waals surface area contributed by atoms with E-state index < -0.39 is 24.7 Å². The lowest BCUT2D eigenvalue weighted by atomic mass is 10.1. The molecule has 0 radical (unpaired) electrons. The van der Waals surface area contributed by atoms with Crippen LogP contribution in [0.2, 0.25) is 0 Å². The number of nitrogens with zero attached hydrogens (tertiary/aromatic N) is 1. The molecule has 0 saturated carbocycles. The highest BCUT2D eigenvalue weighted by Gasteiger charge is 2.34. The van der Waals surface area contributed by atoms with Crippen LogP contribution in [0.1, 0.15) is 18.4 Å². The zero-order valence-corrected chi connectivity index (χ0v) is 16.5. The van der Waals surface area contributed by atoms with Gasteiger partial charge in [-0.15, -0.1) is 0 Å². The molecule has 0 bridgehead atoms. The molecule has 10 heteroatoms. The standard InChI is InChI=1S/C19H26F3N3O4/c1-28-15-6-5-13(10-16(15)29-2)7-8-23-17(26)11-25-9-3-4-14(25)18(27)24-12-19(20,21)22/h5-6,10,14H,3-4,7-9,11-12H2,1-2H3,(H,23,26)(H,24,27). The molecule has 1 aliphatic heterocycles. The van der Waals surface area contributed by atoms with E-state index in [2.05, 4.69) is 5.32 Å². The summed E-state index contributed by atoms with van der Waals surface area (Å²) in [6.45, 7) is -0.524. The fourth-order valence-corrected chi connectivity index (χ4v) is 3.24. The van der Waals surface area contributed by atoms with E-state index in [0.29, 0.717) is 43.9 Å². The minimum absolute atomic E-state index is 0.0317. The maximum atomic E-state index is 12.3. The number of hydrogen-bond acceptors (Lipinski definition) is 5. The average molecular weight is 417 g/mol. The zero-order valence-electron chi connectivity index (χ0n) is 16.5. The summed E-state index contributed by atoms with van der Waals surface area (Å²) >= 11 is 0. The first-order chi connectivity index (χ1) is 13.7. The van der Waals surface area contributed by atoms with Crippen LogP contribution in [0.15, 0.2) is 18.2 Å². The number of methoxy groups -OCH3 is 2. The molecule has 1 atom stereocenters. The summed E-state index contributed by atoms with van der Waals surface area (Å²) in [6, 6.07) is 4.76. The van der Waals surface area contributed by atoms with E-state index in [4.69, 9.17) is 9.47 Å². The number of nitrogens with one attached hydrogen (secondary N) is 2. The largest absolute Gasteiger partial charge is 0.493 e. The molecule has 0 aliphatic carbocycles. The number of halogens is 3. The quantitative estimate of drug-likeness (QED) is 0.637. The molecular formula is C19H26F3N3O4. The minimum atomic E-state index is -4.46. The summed E-state index contributed by atoms with van der Waals surface area (Å²) in [7, 11) is 3.09. The van der Waals surface area contributed by atoms with Gasteiger partial charge in [0.15, 0.2) is 11.5 Å². The number of amides is 2. The van der Waals surface area contributed by atoms with Gasteiger partial charge in [-0.2, -0.15) is 13.2 Å². The third kappa shape index (κ3) is 7.12. The summed E-state index contributed by atoms with van der Waals surface area (Å²) in [5.74, 6) is 0.240. The Morgan fingerprint density at radius 3 is 2.55 bits per heavy atom. The van der Waals surface area contributed by atoms with Crippen LogP contribution in [0.3, 0.4) is 0 Å². The number of carbonyl (C=O) groups is 2. The Labute approximate surface area is 167 Å². The van der Waals surface area contributed by atoms with Crippen molar-refractivity contribution < 1.29 is 32.2 Å². The highest BCUT2D eigenvalue weighted by molar-refractivity contribution is 5.84. The van der Waals surface area contributed by atoms with Gasteiger partial charge in [-0.05, 0) is 43.5 Å². The van der Waals surface area contributed by atoms with Crippen molar-refractivity contribution >= 4 is 11.8 Å². The Morgan fingerprint density at radius 1 is 1.17 bits per heavy atom. The van der Waals surface area contributed by atoms with Crippen LogP contribution in [0.25, 0.3) is 0 Å². The van der Waals surface area contributed by atoms with Gasteiger partial charge in [-0.25, -0.2) is 0 Å². The molecule has 2 amide bonds. The van der Waals surface area contributed by atoms with Gasteiger partial charge in [0.25, 0.3) is 0 Å². The number of carbonyl (C=O) groups excluding carboxylic acids is 2. The van der Waals surface area contributed by atoms with E-state index >= 15 is 0 Å². The van der Waals surface area contributed by atoms with E-state index in [1.54, 1.807) is 25.2 Å². The molecular weight excluding hydrogens is 391 g/mol. The number of ether oxygens (including phenoxy) is 2. The number of rotatable bonds is 9. The second kappa shape index (κ2) is 10.3.